The molecule has 116 valence electrons. The van der Waals surface area contributed by atoms with Crippen molar-refractivity contribution in [3.8, 4) is 0 Å². The molecule has 0 saturated heterocycles. The minimum absolute atomic E-state index is 0.0333. The van der Waals surface area contributed by atoms with Crippen LogP contribution in [-0.2, 0) is 19.1 Å². The van der Waals surface area contributed by atoms with E-state index in [4.69, 9.17) is 4.18 Å². The van der Waals surface area contributed by atoms with E-state index in [-0.39, 0.29) is 4.90 Å². The zero-order chi connectivity index (χ0) is 16.2. The van der Waals surface area contributed by atoms with Crippen molar-refractivity contribution in [1.29, 1.82) is 0 Å². The van der Waals surface area contributed by atoms with Gasteiger partial charge in [-0.3, -0.25) is 4.79 Å². The molecule has 22 heavy (non-hydrogen) atoms. The Hall–Kier alpha value is -1.66. The predicted octanol–water partition coefficient (Wildman–Crippen LogP) is 3.87. The van der Waals surface area contributed by atoms with E-state index in [0.717, 1.165) is 10.0 Å². The summed E-state index contributed by atoms with van der Waals surface area (Å²) in [5.41, 5.74) is 0.721. The molecule has 4 nitrogen and oxygen atoms in total. The first-order valence-electron chi connectivity index (χ1n) is 6.73. The molecular formula is C16H15BrO4S. The fraction of sp³-hybridized carbons (Fsp3) is 0.188. The molecule has 0 radical (unpaired) electrons. The number of benzene rings is 2. The van der Waals surface area contributed by atoms with Gasteiger partial charge in [0.1, 0.15) is 4.90 Å². The second-order valence-corrected chi connectivity index (χ2v) is 7.14. The zero-order valence-electron chi connectivity index (χ0n) is 11.9. The van der Waals surface area contributed by atoms with Gasteiger partial charge in [-0.05, 0) is 36.2 Å². The van der Waals surface area contributed by atoms with Crippen LogP contribution < -0.4 is 0 Å². The Balaban J connectivity index is 2.21. The lowest BCUT2D eigenvalue weighted by molar-refractivity contribution is -0.135. The standard InChI is InChI=1S/C16H15BrO4S/c1-2-15(12-8-10-13(17)11-9-12)16(18)21-22(19,20)14-6-4-3-5-7-14/h3-11,15H,2H2,1H3. The van der Waals surface area contributed by atoms with Crippen molar-refractivity contribution >= 4 is 32.0 Å². The Morgan fingerprint density at radius 2 is 1.68 bits per heavy atom. The third-order valence-corrected chi connectivity index (χ3v) is 4.95. The number of hydrogen-bond acceptors (Lipinski definition) is 4. The molecule has 0 N–H and O–H groups in total. The minimum Gasteiger partial charge on any atom is -0.342 e. The lowest BCUT2D eigenvalue weighted by Gasteiger charge is -2.14. The number of halogens is 1. The average Bonchev–Trinajstić information content (AvgIpc) is 2.50. The maximum atomic E-state index is 12.2. The Morgan fingerprint density at radius 3 is 2.23 bits per heavy atom. The van der Waals surface area contributed by atoms with Gasteiger partial charge in [0.15, 0.2) is 0 Å². The first-order valence-corrected chi connectivity index (χ1v) is 8.93. The molecule has 0 heterocycles. The van der Waals surface area contributed by atoms with E-state index < -0.39 is 22.0 Å². The number of hydrogen-bond donors (Lipinski definition) is 0. The van der Waals surface area contributed by atoms with Crippen LogP contribution in [0.5, 0.6) is 0 Å². The number of rotatable bonds is 5. The fourth-order valence-corrected chi connectivity index (χ4v) is 3.22. The van der Waals surface area contributed by atoms with E-state index in [0.29, 0.717) is 6.42 Å². The van der Waals surface area contributed by atoms with Gasteiger partial charge in [-0.2, -0.15) is 8.42 Å². The van der Waals surface area contributed by atoms with Crippen LogP contribution in [0.4, 0.5) is 0 Å². The molecule has 0 aliphatic rings. The smallest absolute Gasteiger partial charge is 0.341 e. The van der Waals surface area contributed by atoms with Crippen LogP contribution in [0.25, 0.3) is 0 Å². The molecule has 2 aromatic rings. The Kier molecular flexibility index (Phi) is 5.37. The van der Waals surface area contributed by atoms with Crippen LogP contribution in [0.15, 0.2) is 64.0 Å². The van der Waals surface area contributed by atoms with E-state index in [1.165, 1.54) is 12.1 Å². The van der Waals surface area contributed by atoms with Crippen LogP contribution in [-0.4, -0.2) is 14.4 Å². The second-order valence-electron chi connectivity index (χ2n) is 4.68. The monoisotopic (exact) mass is 382 g/mol. The van der Waals surface area contributed by atoms with Crippen molar-refractivity contribution in [3.63, 3.8) is 0 Å². The van der Waals surface area contributed by atoms with Gasteiger partial charge < -0.3 is 4.18 Å². The van der Waals surface area contributed by atoms with Gasteiger partial charge in [-0.25, -0.2) is 0 Å². The van der Waals surface area contributed by atoms with Gasteiger partial charge in [-0.15, -0.1) is 0 Å². The molecule has 0 bridgehead atoms. The SMILES string of the molecule is CCC(C(=O)OS(=O)(=O)c1ccccc1)c1ccc(Br)cc1. The van der Waals surface area contributed by atoms with Crippen LogP contribution >= 0.6 is 15.9 Å². The minimum atomic E-state index is -4.09. The van der Waals surface area contributed by atoms with Crippen molar-refractivity contribution in [1.82, 2.24) is 0 Å². The topological polar surface area (TPSA) is 60.4 Å². The van der Waals surface area contributed by atoms with Gasteiger partial charge in [0.05, 0.1) is 5.92 Å². The summed E-state index contributed by atoms with van der Waals surface area (Å²) in [6, 6.07) is 14.8. The molecule has 0 saturated carbocycles. The molecule has 0 aliphatic heterocycles. The Bertz CT molecular complexity index is 739. The second kappa shape index (κ2) is 7.07. The maximum Gasteiger partial charge on any atom is 0.341 e. The number of carbonyl (C=O) groups is 1. The van der Waals surface area contributed by atoms with Crippen molar-refractivity contribution in [2.24, 2.45) is 0 Å². The van der Waals surface area contributed by atoms with Gasteiger partial charge >= 0.3 is 16.1 Å². The molecule has 0 aliphatic carbocycles. The fourth-order valence-electron chi connectivity index (χ4n) is 2.04. The highest BCUT2D eigenvalue weighted by atomic mass is 79.9. The first kappa shape index (κ1) is 16.7. The molecule has 0 amide bonds. The molecule has 2 aromatic carbocycles. The van der Waals surface area contributed by atoms with Crippen LogP contribution in [0, 0.1) is 0 Å². The highest BCUT2D eigenvalue weighted by molar-refractivity contribution is 9.10. The molecule has 0 fully saturated rings. The van der Waals surface area contributed by atoms with Crippen molar-refractivity contribution in [2.75, 3.05) is 0 Å². The van der Waals surface area contributed by atoms with E-state index in [1.807, 2.05) is 6.92 Å². The molecule has 6 heteroatoms. The summed E-state index contributed by atoms with van der Waals surface area (Å²) < 4.78 is 29.9. The lowest BCUT2D eigenvalue weighted by atomic mass is 9.97. The van der Waals surface area contributed by atoms with E-state index in [9.17, 15) is 13.2 Å². The first-order chi connectivity index (χ1) is 10.4. The molecule has 0 spiro atoms. The van der Waals surface area contributed by atoms with Crippen molar-refractivity contribution < 1.29 is 17.4 Å². The van der Waals surface area contributed by atoms with Gasteiger partial charge in [0, 0.05) is 4.47 Å². The third kappa shape index (κ3) is 3.96. The van der Waals surface area contributed by atoms with Gasteiger partial charge in [0.25, 0.3) is 0 Å². The number of carbonyl (C=O) groups excluding carboxylic acids is 1. The van der Waals surface area contributed by atoms with Crippen LogP contribution in [0.1, 0.15) is 24.8 Å². The summed E-state index contributed by atoms with van der Waals surface area (Å²) in [5.74, 6) is -1.39. The summed E-state index contributed by atoms with van der Waals surface area (Å²) in [5, 5.41) is 0. The molecule has 0 aromatic heterocycles. The zero-order valence-corrected chi connectivity index (χ0v) is 14.3. The average molecular weight is 383 g/mol. The Morgan fingerprint density at radius 1 is 1.09 bits per heavy atom. The van der Waals surface area contributed by atoms with Gasteiger partial charge in [0.2, 0.25) is 0 Å². The molecular weight excluding hydrogens is 368 g/mol. The van der Waals surface area contributed by atoms with Crippen LogP contribution in [0.2, 0.25) is 0 Å². The van der Waals surface area contributed by atoms with E-state index in [1.54, 1.807) is 42.5 Å². The molecule has 2 rings (SSSR count). The summed E-state index contributed by atoms with van der Waals surface area (Å²) in [6.45, 7) is 1.81. The lowest BCUT2D eigenvalue weighted by Crippen LogP contribution is -2.20. The van der Waals surface area contributed by atoms with Crippen molar-refractivity contribution in [3.05, 3.63) is 64.6 Å². The van der Waals surface area contributed by atoms with Crippen LogP contribution in [0.3, 0.4) is 0 Å². The van der Waals surface area contributed by atoms with Gasteiger partial charge in [-0.1, -0.05) is 53.2 Å². The third-order valence-electron chi connectivity index (χ3n) is 3.19. The van der Waals surface area contributed by atoms with Crippen molar-refractivity contribution in [2.45, 2.75) is 24.2 Å². The Labute approximate surface area is 138 Å². The van der Waals surface area contributed by atoms with E-state index in [2.05, 4.69) is 15.9 Å². The highest BCUT2D eigenvalue weighted by Crippen LogP contribution is 2.25. The summed E-state index contributed by atoms with van der Waals surface area (Å²) in [7, 11) is -4.09. The summed E-state index contributed by atoms with van der Waals surface area (Å²) in [6.07, 6.45) is 0.449. The quantitative estimate of drug-likeness (QED) is 0.736. The maximum absolute atomic E-state index is 12.2. The largest absolute Gasteiger partial charge is 0.342 e. The highest BCUT2D eigenvalue weighted by Gasteiger charge is 2.27. The normalized spacial score (nSPS) is 12.6. The summed E-state index contributed by atoms with van der Waals surface area (Å²) in [4.78, 5) is 12.2. The molecule has 1 unspecified atom stereocenters. The predicted molar refractivity (Wildman–Crippen MR) is 86.9 cm³/mol. The molecule has 1 atom stereocenters. The van der Waals surface area contributed by atoms with E-state index >= 15 is 0 Å². The summed E-state index contributed by atoms with van der Waals surface area (Å²) >= 11 is 3.32.